The van der Waals surface area contributed by atoms with Gasteiger partial charge in [0.1, 0.15) is 0 Å². The number of aromatic nitrogens is 1. The molecule has 4 nitrogen and oxygen atoms in total. The highest BCUT2D eigenvalue weighted by Crippen LogP contribution is 2.34. The molecule has 1 heterocycles. The number of hydrogen-bond donors (Lipinski definition) is 1. The second kappa shape index (κ2) is 5.53. The van der Waals surface area contributed by atoms with Crippen LogP contribution in [0.3, 0.4) is 0 Å². The summed E-state index contributed by atoms with van der Waals surface area (Å²) in [6.07, 6.45) is 0. The molecule has 0 fully saturated rings. The molecule has 0 bridgehead atoms. The van der Waals surface area contributed by atoms with Gasteiger partial charge in [-0.25, -0.2) is 12.4 Å². The molecule has 3 rings (SSSR count). The van der Waals surface area contributed by atoms with Crippen molar-refractivity contribution in [1.29, 1.82) is 0 Å². The molecule has 0 saturated carbocycles. The Balaban J connectivity index is 2.36. The summed E-state index contributed by atoms with van der Waals surface area (Å²) in [7, 11) is -3.78. The second-order valence-electron chi connectivity index (χ2n) is 5.02. The summed E-state index contributed by atoms with van der Waals surface area (Å²) in [5.41, 5.74) is 1.85. The van der Waals surface area contributed by atoms with Gasteiger partial charge in [-0.1, -0.05) is 35.9 Å². The summed E-state index contributed by atoms with van der Waals surface area (Å²) in [6, 6.07) is 13.8. The molecule has 0 spiro atoms. The van der Waals surface area contributed by atoms with Crippen LogP contribution >= 0.6 is 15.9 Å². The van der Waals surface area contributed by atoms with Crippen LogP contribution in [0.4, 0.5) is 0 Å². The number of para-hydroxylation sites is 1. The number of fused-ring (bicyclic) bond motifs is 1. The fourth-order valence-corrected chi connectivity index (χ4v) is 4.75. The lowest BCUT2D eigenvalue weighted by Crippen LogP contribution is -2.15. The van der Waals surface area contributed by atoms with Gasteiger partial charge >= 0.3 is 0 Å². The van der Waals surface area contributed by atoms with Crippen molar-refractivity contribution in [3.8, 4) is 0 Å². The average molecular weight is 380 g/mol. The first kappa shape index (κ1) is 15.3. The Hall–Kier alpha value is -1.63. The predicted octanol–water partition coefficient (Wildman–Crippen LogP) is 3.44. The topological polar surface area (TPSA) is 59.3 Å². The van der Waals surface area contributed by atoms with Crippen LogP contribution in [0, 0.1) is 6.92 Å². The molecule has 0 unspecified atom stereocenters. The first-order valence-electron chi connectivity index (χ1n) is 6.67. The van der Waals surface area contributed by atoms with Crippen LogP contribution < -0.4 is 0 Å². The van der Waals surface area contributed by atoms with Crippen molar-refractivity contribution in [3.05, 3.63) is 64.3 Å². The molecule has 0 amide bonds. The molecule has 0 atom stereocenters. The molecular formula is C16H14BrNO3S. The van der Waals surface area contributed by atoms with Crippen LogP contribution in [-0.4, -0.2) is 17.5 Å². The molecule has 0 aliphatic carbocycles. The normalized spacial score (nSPS) is 12.0. The maximum absolute atomic E-state index is 13.0. The molecule has 0 saturated heterocycles. The van der Waals surface area contributed by atoms with Crippen molar-refractivity contribution in [1.82, 2.24) is 3.97 Å². The van der Waals surface area contributed by atoms with E-state index < -0.39 is 10.0 Å². The fourth-order valence-electron chi connectivity index (χ4n) is 2.45. The van der Waals surface area contributed by atoms with Gasteiger partial charge in [-0.2, -0.15) is 0 Å². The van der Waals surface area contributed by atoms with E-state index in [4.69, 9.17) is 0 Å². The average Bonchev–Trinajstić information content (AvgIpc) is 2.81. The van der Waals surface area contributed by atoms with E-state index in [9.17, 15) is 13.5 Å². The summed E-state index contributed by atoms with van der Waals surface area (Å²) in [5, 5.41) is 10.4. The zero-order valence-electron chi connectivity index (χ0n) is 11.8. The highest BCUT2D eigenvalue weighted by Gasteiger charge is 2.25. The van der Waals surface area contributed by atoms with Crippen LogP contribution in [-0.2, 0) is 16.6 Å². The number of rotatable bonds is 3. The van der Waals surface area contributed by atoms with Gasteiger partial charge in [0.15, 0.2) is 0 Å². The number of benzene rings is 2. The Labute approximate surface area is 137 Å². The van der Waals surface area contributed by atoms with Gasteiger partial charge in [-0.3, -0.25) is 0 Å². The minimum absolute atomic E-state index is 0.195. The summed E-state index contributed by atoms with van der Waals surface area (Å²) >= 11 is 3.39. The van der Waals surface area contributed by atoms with E-state index in [1.165, 1.54) is 3.97 Å². The Morgan fingerprint density at radius 1 is 1.09 bits per heavy atom. The first-order chi connectivity index (χ1) is 10.5. The van der Waals surface area contributed by atoms with Crippen molar-refractivity contribution in [2.45, 2.75) is 18.4 Å². The molecule has 0 aliphatic heterocycles. The van der Waals surface area contributed by atoms with Gasteiger partial charge in [-0.05, 0) is 41.1 Å². The Bertz CT molecular complexity index is 943. The third-order valence-corrected chi connectivity index (χ3v) is 6.22. The van der Waals surface area contributed by atoms with Gasteiger partial charge in [0.25, 0.3) is 10.0 Å². The molecule has 0 radical (unpaired) electrons. The highest BCUT2D eigenvalue weighted by atomic mass is 79.9. The van der Waals surface area contributed by atoms with Crippen molar-refractivity contribution in [2.24, 2.45) is 0 Å². The van der Waals surface area contributed by atoms with Gasteiger partial charge < -0.3 is 5.11 Å². The zero-order chi connectivity index (χ0) is 15.9. The number of halogens is 1. The lowest BCUT2D eigenvalue weighted by molar-refractivity contribution is 0.275. The molecule has 1 N–H and O–H groups in total. The Morgan fingerprint density at radius 2 is 1.73 bits per heavy atom. The maximum Gasteiger partial charge on any atom is 0.268 e. The van der Waals surface area contributed by atoms with Gasteiger partial charge in [-0.15, -0.1) is 0 Å². The van der Waals surface area contributed by atoms with E-state index in [0.29, 0.717) is 15.7 Å². The highest BCUT2D eigenvalue weighted by molar-refractivity contribution is 9.10. The van der Waals surface area contributed by atoms with Crippen LogP contribution in [0.5, 0.6) is 0 Å². The zero-order valence-corrected chi connectivity index (χ0v) is 14.2. The second-order valence-corrected chi connectivity index (χ2v) is 7.60. The van der Waals surface area contributed by atoms with E-state index in [2.05, 4.69) is 15.9 Å². The van der Waals surface area contributed by atoms with Gasteiger partial charge in [0.05, 0.1) is 22.7 Å². The summed E-state index contributed by atoms with van der Waals surface area (Å²) < 4.78 is 27.8. The Morgan fingerprint density at radius 3 is 2.36 bits per heavy atom. The third kappa shape index (κ3) is 2.27. The van der Waals surface area contributed by atoms with Crippen LogP contribution in [0.2, 0.25) is 0 Å². The largest absolute Gasteiger partial charge is 0.390 e. The van der Waals surface area contributed by atoms with Gasteiger partial charge in [0.2, 0.25) is 0 Å². The number of aliphatic hydroxyl groups is 1. The maximum atomic E-state index is 13.0. The van der Waals surface area contributed by atoms with E-state index in [1.54, 1.807) is 36.4 Å². The number of nitrogens with zero attached hydrogens (tertiary/aromatic N) is 1. The van der Waals surface area contributed by atoms with Gasteiger partial charge in [0, 0.05) is 9.86 Å². The monoisotopic (exact) mass is 379 g/mol. The lowest BCUT2D eigenvalue weighted by atomic mass is 10.2. The van der Waals surface area contributed by atoms with Crippen LogP contribution in [0.1, 0.15) is 11.3 Å². The van der Waals surface area contributed by atoms with Crippen LogP contribution in [0.25, 0.3) is 10.9 Å². The predicted molar refractivity (Wildman–Crippen MR) is 89.3 cm³/mol. The standard InChI is InChI=1S/C16H14BrNO3S/c1-11-6-8-12(9-7-11)22(20,21)18-14-5-3-2-4-13(14)16(17)15(18)10-19/h2-9,19H,10H2,1H3. The van der Waals surface area contributed by atoms with E-state index in [1.807, 2.05) is 19.1 Å². The lowest BCUT2D eigenvalue weighted by Gasteiger charge is -2.11. The first-order valence-corrected chi connectivity index (χ1v) is 8.91. The molecular weight excluding hydrogens is 366 g/mol. The smallest absolute Gasteiger partial charge is 0.268 e. The van der Waals surface area contributed by atoms with Crippen molar-refractivity contribution < 1.29 is 13.5 Å². The number of aliphatic hydroxyl groups excluding tert-OH is 1. The summed E-state index contributed by atoms with van der Waals surface area (Å²) in [5.74, 6) is 0. The van der Waals surface area contributed by atoms with Crippen LogP contribution in [0.15, 0.2) is 57.9 Å². The minimum atomic E-state index is -3.78. The molecule has 22 heavy (non-hydrogen) atoms. The molecule has 1 aromatic heterocycles. The minimum Gasteiger partial charge on any atom is -0.390 e. The van der Waals surface area contributed by atoms with Crippen molar-refractivity contribution in [2.75, 3.05) is 0 Å². The molecule has 2 aromatic carbocycles. The van der Waals surface area contributed by atoms with E-state index in [-0.39, 0.29) is 11.5 Å². The summed E-state index contributed by atoms with van der Waals surface area (Å²) in [4.78, 5) is 0.195. The number of aryl methyl sites for hydroxylation is 1. The number of hydrogen-bond acceptors (Lipinski definition) is 3. The fraction of sp³-hybridized carbons (Fsp3) is 0.125. The molecule has 114 valence electrons. The molecule has 0 aliphatic rings. The molecule has 3 aromatic rings. The van der Waals surface area contributed by atoms with E-state index in [0.717, 1.165) is 10.9 Å². The summed E-state index contributed by atoms with van der Waals surface area (Å²) in [6.45, 7) is 1.53. The third-order valence-electron chi connectivity index (χ3n) is 3.57. The SMILES string of the molecule is Cc1ccc(S(=O)(=O)n2c(CO)c(Br)c3ccccc32)cc1. The van der Waals surface area contributed by atoms with Crippen molar-refractivity contribution >= 4 is 36.9 Å². The Kier molecular flexibility index (Phi) is 3.84. The van der Waals surface area contributed by atoms with E-state index >= 15 is 0 Å². The van der Waals surface area contributed by atoms with Crippen molar-refractivity contribution in [3.63, 3.8) is 0 Å². The quantitative estimate of drug-likeness (QED) is 0.757. The molecule has 6 heteroatoms.